The van der Waals surface area contributed by atoms with E-state index in [1.54, 1.807) is 15.4 Å². The number of fused-ring (bicyclic) bond motifs is 2. The first kappa shape index (κ1) is 13.2. The predicted octanol–water partition coefficient (Wildman–Crippen LogP) is 1.15. The second kappa shape index (κ2) is 5.06. The highest BCUT2D eigenvalue weighted by Gasteiger charge is 2.21. The fraction of sp³-hybridized carbons (Fsp3) is 0.312. The van der Waals surface area contributed by atoms with Gasteiger partial charge in [-0.2, -0.15) is 5.10 Å². The van der Waals surface area contributed by atoms with Gasteiger partial charge in [-0.1, -0.05) is 30.3 Å². The van der Waals surface area contributed by atoms with Gasteiger partial charge in [0.1, 0.15) is 11.2 Å². The van der Waals surface area contributed by atoms with Crippen LogP contribution in [0.3, 0.4) is 0 Å². The fourth-order valence-corrected chi connectivity index (χ4v) is 3.01. The second-order valence-corrected chi connectivity index (χ2v) is 5.69. The van der Waals surface area contributed by atoms with Crippen molar-refractivity contribution in [2.45, 2.75) is 19.6 Å². The number of rotatable bonds is 2. The minimum Gasteiger partial charge on any atom is -0.294 e. The first-order valence-electron chi connectivity index (χ1n) is 7.40. The molecule has 112 valence electrons. The van der Waals surface area contributed by atoms with Crippen LogP contribution in [0.25, 0.3) is 11.0 Å². The molecule has 0 saturated carbocycles. The molecule has 0 atom stereocenters. The van der Waals surface area contributed by atoms with Crippen molar-refractivity contribution in [1.82, 2.24) is 24.2 Å². The van der Waals surface area contributed by atoms with Crippen LogP contribution in [0.2, 0.25) is 0 Å². The summed E-state index contributed by atoms with van der Waals surface area (Å²) < 4.78 is 3.44. The molecule has 0 amide bonds. The Labute approximate surface area is 127 Å². The van der Waals surface area contributed by atoms with E-state index in [1.165, 1.54) is 5.56 Å². The van der Waals surface area contributed by atoms with Crippen LogP contribution in [0.1, 0.15) is 11.4 Å². The maximum Gasteiger partial charge on any atom is 0.264 e. The lowest BCUT2D eigenvalue weighted by atomic mass is 10.2. The van der Waals surface area contributed by atoms with Crippen LogP contribution in [0.4, 0.5) is 0 Å². The highest BCUT2D eigenvalue weighted by atomic mass is 16.1. The maximum atomic E-state index is 12.5. The quantitative estimate of drug-likeness (QED) is 0.711. The van der Waals surface area contributed by atoms with Crippen molar-refractivity contribution in [3.63, 3.8) is 0 Å². The van der Waals surface area contributed by atoms with E-state index in [2.05, 4.69) is 39.2 Å². The molecular weight excluding hydrogens is 278 g/mol. The molecule has 1 aliphatic rings. The molecule has 0 spiro atoms. The third-order valence-electron chi connectivity index (χ3n) is 4.18. The van der Waals surface area contributed by atoms with Crippen LogP contribution in [-0.2, 0) is 26.7 Å². The fourth-order valence-electron chi connectivity index (χ4n) is 3.01. The zero-order valence-electron chi connectivity index (χ0n) is 12.4. The maximum absolute atomic E-state index is 12.5. The second-order valence-electron chi connectivity index (χ2n) is 5.69. The molecule has 6 nitrogen and oxygen atoms in total. The van der Waals surface area contributed by atoms with Crippen molar-refractivity contribution in [3.05, 3.63) is 58.3 Å². The molecule has 0 bridgehead atoms. The van der Waals surface area contributed by atoms with Gasteiger partial charge in [0.2, 0.25) is 0 Å². The molecule has 0 aliphatic carbocycles. The average Bonchev–Trinajstić information content (AvgIpc) is 2.90. The lowest BCUT2D eigenvalue weighted by Gasteiger charge is -2.28. The van der Waals surface area contributed by atoms with E-state index < -0.39 is 0 Å². The summed E-state index contributed by atoms with van der Waals surface area (Å²) in [7, 11) is 1.82. The summed E-state index contributed by atoms with van der Waals surface area (Å²) in [6, 6.07) is 10.4. The van der Waals surface area contributed by atoms with E-state index in [-0.39, 0.29) is 5.56 Å². The van der Waals surface area contributed by atoms with Crippen molar-refractivity contribution in [3.8, 4) is 0 Å². The van der Waals surface area contributed by atoms with E-state index in [0.29, 0.717) is 24.1 Å². The van der Waals surface area contributed by atoms with E-state index in [4.69, 9.17) is 0 Å². The van der Waals surface area contributed by atoms with Gasteiger partial charge in [0.25, 0.3) is 5.56 Å². The van der Waals surface area contributed by atoms with Crippen LogP contribution in [-0.4, -0.2) is 30.8 Å². The molecule has 3 aromatic rings. The van der Waals surface area contributed by atoms with Crippen LogP contribution in [0, 0.1) is 0 Å². The van der Waals surface area contributed by atoms with Gasteiger partial charge in [0.15, 0.2) is 5.65 Å². The molecule has 22 heavy (non-hydrogen) atoms. The van der Waals surface area contributed by atoms with Crippen molar-refractivity contribution < 1.29 is 0 Å². The number of aryl methyl sites for hydroxylation is 1. The van der Waals surface area contributed by atoms with E-state index in [9.17, 15) is 4.79 Å². The lowest BCUT2D eigenvalue weighted by molar-refractivity contribution is 0.204. The largest absolute Gasteiger partial charge is 0.294 e. The molecule has 0 unspecified atom stereocenters. The summed E-state index contributed by atoms with van der Waals surface area (Å²) in [5.74, 6) is 0.822. The zero-order valence-corrected chi connectivity index (χ0v) is 12.4. The zero-order chi connectivity index (χ0) is 15.1. The van der Waals surface area contributed by atoms with Gasteiger partial charge in [-0.15, -0.1) is 0 Å². The van der Waals surface area contributed by atoms with E-state index in [0.717, 1.165) is 18.9 Å². The van der Waals surface area contributed by atoms with Crippen molar-refractivity contribution in [2.24, 2.45) is 7.05 Å². The van der Waals surface area contributed by atoms with Crippen LogP contribution >= 0.6 is 0 Å². The molecule has 0 fully saturated rings. The molecular formula is C16H17N5O. The van der Waals surface area contributed by atoms with Crippen LogP contribution in [0.15, 0.2) is 41.3 Å². The smallest absolute Gasteiger partial charge is 0.264 e. The minimum atomic E-state index is 0.0208. The van der Waals surface area contributed by atoms with Crippen molar-refractivity contribution >= 4 is 11.0 Å². The molecule has 2 aromatic heterocycles. The summed E-state index contributed by atoms with van der Waals surface area (Å²) >= 11 is 0. The van der Waals surface area contributed by atoms with Crippen LogP contribution < -0.4 is 5.56 Å². The van der Waals surface area contributed by atoms with Gasteiger partial charge >= 0.3 is 0 Å². The van der Waals surface area contributed by atoms with Gasteiger partial charge in [0, 0.05) is 26.7 Å². The Kier molecular flexibility index (Phi) is 3.04. The monoisotopic (exact) mass is 295 g/mol. The SMILES string of the molecule is Cn1ncc2c(=O)n3c(nc21)CN(Cc1ccccc1)CC3. The number of hydrogen-bond acceptors (Lipinski definition) is 4. The molecule has 0 radical (unpaired) electrons. The summed E-state index contributed by atoms with van der Waals surface area (Å²) in [4.78, 5) is 19.5. The molecule has 0 N–H and O–H groups in total. The number of aromatic nitrogens is 4. The Hall–Kier alpha value is -2.47. The average molecular weight is 295 g/mol. The highest BCUT2D eigenvalue weighted by molar-refractivity contribution is 5.73. The third-order valence-corrected chi connectivity index (χ3v) is 4.18. The first-order chi connectivity index (χ1) is 10.7. The lowest BCUT2D eigenvalue weighted by Crippen LogP contribution is -2.39. The summed E-state index contributed by atoms with van der Waals surface area (Å²) in [6.07, 6.45) is 1.61. The molecule has 6 heteroatoms. The van der Waals surface area contributed by atoms with E-state index >= 15 is 0 Å². The Morgan fingerprint density at radius 3 is 2.82 bits per heavy atom. The Bertz CT molecular complexity index is 881. The topological polar surface area (TPSA) is 56.0 Å². The van der Waals surface area contributed by atoms with E-state index in [1.807, 2.05) is 13.1 Å². The Morgan fingerprint density at radius 2 is 2.00 bits per heavy atom. The minimum absolute atomic E-state index is 0.0208. The summed E-state index contributed by atoms with van der Waals surface area (Å²) in [6.45, 7) is 3.10. The first-order valence-corrected chi connectivity index (χ1v) is 7.40. The Balaban J connectivity index is 1.68. The predicted molar refractivity (Wildman–Crippen MR) is 83.3 cm³/mol. The van der Waals surface area contributed by atoms with Gasteiger partial charge in [0.05, 0.1) is 12.7 Å². The molecule has 1 aliphatic heterocycles. The number of benzene rings is 1. The van der Waals surface area contributed by atoms with Gasteiger partial charge < -0.3 is 0 Å². The highest BCUT2D eigenvalue weighted by Crippen LogP contribution is 2.15. The Morgan fingerprint density at radius 1 is 1.18 bits per heavy atom. The summed E-state index contributed by atoms with van der Waals surface area (Å²) in [5.41, 5.74) is 1.96. The number of hydrogen-bond donors (Lipinski definition) is 0. The van der Waals surface area contributed by atoms with Gasteiger partial charge in [-0.05, 0) is 5.56 Å². The number of nitrogens with zero attached hydrogens (tertiary/aromatic N) is 5. The standard InChI is InChI=1S/C16H17N5O/c1-19-15-13(9-17-19)16(22)21-8-7-20(11-14(21)18-15)10-12-5-3-2-4-6-12/h2-6,9H,7-8,10-11H2,1H3. The molecule has 0 saturated heterocycles. The summed E-state index contributed by atoms with van der Waals surface area (Å²) in [5, 5.41) is 4.74. The molecule has 1 aromatic carbocycles. The van der Waals surface area contributed by atoms with Crippen molar-refractivity contribution in [2.75, 3.05) is 6.54 Å². The normalized spacial score (nSPS) is 15.1. The van der Waals surface area contributed by atoms with Gasteiger partial charge in [-0.25, -0.2) is 4.98 Å². The van der Waals surface area contributed by atoms with Gasteiger partial charge in [-0.3, -0.25) is 18.9 Å². The third kappa shape index (κ3) is 2.12. The molecule has 4 rings (SSSR count). The van der Waals surface area contributed by atoms with Crippen molar-refractivity contribution in [1.29, 1.82) is 0 Å². The van der Waals surface area contributed by atoms with Crippen LogP contribution in [0.5, 0.6) is 0 Å². The molecule has 3 heterocycles.